The average Bonchev–Trinajstić information content (AvgIpc) is 3.41. The van der Waals surface area contributed by atoms with Gasteiger partial charge in [-0.05, 0) is 19.1 Å². The van der Waals surface area contributed by atoms with Crippen molar-refractivity contribution in [1.82, 2.24) is 24.8 Å². The number of furan rings is 1. The lowest BCUT2D eigenvalue weighted by atomic mass is 10.1. The standard InChI is InChI=1S/C23H23N5O2S2/c1-16-26-17(14-31-16)13-27-9-11-28(12-10-27)22(29)21-19(15-32-23-24-7-4-8-25-23)18-5-2-3-6-20(18)30-21/h2-8,14H,9-13,15H2,1H3. The molecule has 7 nitrogen and oxygen atoms in total. The summed E-state index contributed by atoms with van der Waals surface area (Å²) in [6.07, 6.45) is 3.45. The minimum atomic E-state index is -0.0464. The number of carbonyl (C=O) groups is 1. The molecule has 1 aromatic carbocycles. The van der Waals surface area contributed by atoms with E-state index in [1.165, 1.54) is 11.8 Å². The van der Waals surface area contributed by atoms with E-state index >= 15 is 0 Å². The summed E-state index contributed by atoms with van der Waals surface area (Å²) in [7, 11) is 0. The van der Waals surface area contributed by atoms with Crippen LogP contribution in [-0.4, -0.2) is 56.8 Å². The number of para-hydroxylation sites is 1. The second-order valence-electron chi connectivity index (χ2n) is 7.65. The van der Waals surface area contributed by atoms with Gasteiger partial charge in [-0.15, -0.1) is 11.3 Å². The largest absolute Gasteiger partial charge is 0.451 e. The first-order chi connectivity index (χ1) is 15.7. The highest BCUT2D eigenvalue weighted by molar-refractivity contribution is 7.98. The lowest BCUT2D eigenvalue weighted by molar-refractivity contribution is 0.0598. The number of thiazole rings is 1. The van der Waals surface area contributed by atoms with E-state index in [0.29, 0.717) is 29.8 Å². The second-order valence-corrected chi connectivity index (χ2v) is 9.66. The van der Waals surface area contributed by atoms with Crippen LogP contribution in [0.15, 0.2) is 57.7 Å². The third-order valence-electron chi connectivity index (χ3n) is 5.49. The van der Waals surface area contributed by atoms with Gasteiger partial charge in [0.1, 0.15) is 5.58 Å². The molecule has 32 heavy (non-hydrogen) atoms. The number of hydrogen-bond acceptors (Lipinski definition) is 8. The third kappa shape index (κ3) is 4.55. The monoisotopic (exact) mass is 465 g/mol. The first-order valence-electron chi connectivity index (χ1n) is 10.5. The summed E-state index contributed by atoms with van der Waals surface area (Å²) >= 11 is 3.18. The first-order valence-corrected chi connectivity index (χ1v) is 12.4. The normalized spacial score (nSPS) is 14.8. The van der Waals surface area contributed by atoms with Crippen molar-refractivity contribution in [2.45, 2.75) is 24.4 Å². The molecule has 5 rings (SSSR count). The number of fused-ring (bicyclic) bond motifs is 1. The molecule has 9 heteroatoms. The number of amides is 1. The number of rotatable bonds is 6. The number of hydrogen-bond donors (Lipinski definition) is 0. The Morgan fingerprint density at radius 2 is 1.91 bits per heavy atom. The van der Waals surface area contributed by atoms with Crippen molar-refractivity contribution >= 4 is 40.0 Å². The number of carbonyl (C=O) groups excluding carboxylic acids is 1. The lowest BCUT2D eigenvalue weighted by Gasteiger charge is -2.34. The summed E-state index contributed by atoms with van der Waals surface area (Å²) in [4.78, 5) is 30.8. The van der Waals surface area contributed by atoms with Crippen LogP contribution in [0.25, 0.3) is 11.0 Å². The van der Waals surface area contributed by atoms with Gasteiger partial charge in [-0.3, -0.25) is 9.69 Å². The van der Waals surface area contributed by atoms with Crippen LogP contribution in [0.4, 0.5) is 0 Å². The molecule has 0 bridgehead atoms. The van der Waals surface area contributed by atoms with E-state index in [4.69, 9.17) is 4.42 Å². The highest BCUT2D eigenvalue weighted by Gasteiger charge is 2.28. The molecule has 3 aromatic heterocycles. The second kappa shape index (κ2) is 9.40. The minimum absolute atomic E-state index is 0.0464. The highest BCUT2D eigenvalue weighted by atomic mass is 32.2. The summed E-state index contributed by atoms with van der Waals surface area (Å²) in [5, 5.41) is 4.85. The Balaban J connectivity index is 1.31. The number of piperazine rings is 1. The smallest absolute Gasteiger partial charge is 0.290 e. The van der Waals surface area contributed by atoms with E-state index in [1.807, 2.05) is 36.1 Å². The SMILES string of the molecule is Cc1nc(CN2CCN(C(=O)c3oc4ccccc4c3CSc3ncccn3)CC2)cs1. The van der Waals surface area contributed by atoms with Crippen LogP contribution in [0.5, 0.6) is 0 Å². The van der Waals surface area contributed by atoms with Crippen molar-refractivity contribution in [1.29, 1.82) is 0 Å². The van der Waals surface area contributed by atoms with E-state index in [1.54, 1.807) is 29.8 Å². The molecule has 1 amide bonds. The van der Waals surface area contributed by atoms with Gasteiger partial charge in [0.15, 0.2) is 10.9 Å². The van der Waals surface area contributed by atoms with Crippen molar-refractivity contribution in [2.75, 3.05) is 26.2 Å². The Morgan fingerprint density at radius 1 is 1.12 bits per heavy atom. The number of aryl methyl sites for hydroxylation is 1. The quantitative estimate of drug-likeness (QED) is 0.311. The fourth-order valence-electron chi connectivity index (χ4n) is 3.87. The van der Waals surface area contributed by atoms with E-state index in [0.717, 1.165) is 46.9 Å². The minimum Gasteiger partial charge on any atom is -0.451 e. The van der Waals surface area contributed by atoms with Crippen LogP contribution in [0, 0.1) is 6.92 Å². The van der Waals surface area contributed by atoms with Gasteiger partial charge in [-0.25, -0.2) is 15.0 Å². The molecule has 164 valence electrons. The van der Waals surface area contributed by atoms with E-state index in [-0.39, 0.29) is 5.91 Å². The molecule has 1 saturated heterocycles. The van der Waals surface area contributed by atoms with Gasteiger partial charge >= 0.3 is 0 Å². The van der Waals surface area contributed by atoms with Gasteiger partial charge in [0.2, 0.25) is 0 Å². The molecule has 0 unspecified atom stereocenters. The number of nitrogens with zero attached hydrogens (tertiary/aromatic N) is 5. The van der Waals surface area contributed by atoms with Crippen molar-refractivity contribution in [3.8, 4) is 0 Å². The molecule has 0 aliphatic carbocycles. The van der Waals surface area contributed by atoms with E-state index < -0.39 is 0 Å². The Kier molecular flexibility index (Phi) is 6.20. The van der Waals surface area contributed by atoms with Crippen molar-refractivity contribution in [3.63, 3.8) is 0 Å². The molecule has 0 radical (unpaired) electrons. The van der Waals surface area contributed by atoms with Gasteiger partial charge in [-0.1, -0.05) is 30.0 Å². The van der Waals surface area contributed by atoms with Crippen molar-refractivity contribution in [3.05, 3.63) is 70.1 Å². The van der Waals surface area contributed by atoms with Gasteiger partial charge in [0.25, 0.3) is 5.91 Å². The Bertz CT molecular complexity index is 1220. The molecule has 0 saturated carbocycles. The Labute approximate surface area is 194 Å². The highest BCUT2D eigenvalue weighted by Crippen LogP contribution is 2.32. The fraction of sp³-hybridized carbons (Fsp3) is 0.304. The lowest BCUT2D eigenvalue weighted by Crippen LogP contribution is -2.48. The number of aromatic nitrogens is 3. The van der Waals surface area contributed by atoms with Crippen LogP contribution in [0.2, 0.25) is 0 Å². The third-order valence-corrected chi connectivity index (χ3v) is 7.22. The van der Waals surface area contributed by atoms with Crippen LogP contribution in [0.3, 0.4) is 0 Å². The summed E-state index contributed by atoms with van der Waals surface area (Å²) in [6, 6.07) is 9.61. The molecule has 1 fully saturated rings. The molecular weight excluding hydrogens is 442 g/mol. The zero-order chi connectivity index (χ0) is 21.9. The summed E-state index contributed by atoms with van der Waals surface area (Å²) in [5.74, 6) is 0.957. The maximum absolute atomic E-state index is 13.4. The van der Waals surface area contributed by atoms with Gasteiger partial charge in [0.05, 0.1) is 10.7 Å². The van der Waals surface area contributed by atoms with Crippen molar-refractivity contribution in [2.24, 2.45) is 0 Å². The Hall–Kier alpha value is -2.75. The summed E-state index contributed by atoms with van der Waals surface area (Å²) in [6.45, 7) is 5.85. The zero-order valence-electron chi connectivity index (χ0n) is 17.7. The molecule has 4 aromatic rings. The zero-order valence-corrected chi connectivity index (χ0v) is 19.4. The van der Waals surface area contributed by atoms with E-state index in [9.17, 15) is 4.79 Å². The molecule has 1 aliphatic rings. The maximum Gasteiger partial charge on any atom is 0.290 e. The average molecular weight is 466 g/mol. The summed E-state index contributed by atoms with van der Waals surface area (Å²) < 4.78 is 6.06. The molecule has 0 spiro atoms. The van der Waals surface area contributed by atoms with E-state index in [2.05, 4.69) is 25.2 Å². The molecule has 1 aliphatic heterocycles. The fourth-order valence-corrected chi connectivity index (χ4v) is 5.31. The van der Waals surface area contributed by atoms with Crippen LogP contribution < -0.4 is 0 Å². The number of thioether (sulfide) groups is 1. The topological polar surface area (TPSA) is 75.4 Å². The predicted molar refractivity (Wildman–Crippen MR) is 126 cm³/mol. The van der Waals surface area contributed by atoms with Crippen LogP contribution in [0.1, 0.15) is 26.8 Å². The Morgan fingerprint density at radius 3 is 2.66 bits per heavy atom. The van der Waals surface area contributed by atoms with Crippen LogP contribution in [-0.2, 0) is 12.3 Å². The molecule has 0 atom stereocenters. The molecule has 0 N–H and O–H groups in total. The molecular formula is C23H23N5O2S2. The molecule has 4 heterocycles. The maximum atomic E-state index is 13.4. The van der Waals surface area contributed by atoms with Crippen molar-refractivity contribution < 1.29 is 9.21 Å². The van der Waals surface area contributed by atoms with Crippen LogP contribution >= 0.6 is 23.1 Å². The summed E-state index contributed by atoms with van der Waals surface area (Å²) in [5.41, 5.74) is 2.74. The van der Waals surface area contributed by atoms with Gasteiger partial charge in [0, 0.05) is 67.2 Å². The number of benzene rings is 1. The van der Waals surface area contributed by atoms with Gasteiger partial charge < -0.3 is 9.32 Å². The van der Waals surface area contributed by atoms with Gasteiger partial charge in [-0.2, -0.15) is 0 Å². The first kappa shape index (κ1) is 21.1. The predicted octanol–water partition coefficient (Wildman–Crippen LogP) is 4.24.